The first kappa shape index (κ1) is 19.7. The largest absolute Gasteiger partial charge is 0.496 e. The van der Waals surface area contributed by atoms with E-state index in [9.17, 15) is 9.59 Å². The number of nitrogens with zero attached hydrogens (tertiary/aromatic N) is 1. The third-order valence-electron chi connectivity index (χ3n) is 3.76. The number of halogens is 2. The fourth-order valence-corrected chi connectivity index (χ4v) is 2.83. The van der Waals surface area contributed by atoms with Crippen molar-refractivity contribution in [3.8, 4) is 11.5 Å². The van der Waals surface area contributed by atoms with Crippen LogP contribution in [0.25, 0.3) is 10.9 Å². The Hall–Kier alpha value is -3.03. The highest BCUT2D eigenvalue weighted by molar-refractivity contribution is 6.35. The molecule has 28 heavy (non-hydrogen) atoms. The van der Waals surface area contributed by atoms with E-state index in [2.05, 4.69) is 15.8 Å². The highest BCUT2D eigenvalue weighted by Gasteiger charge is 2.14. The molecule has 0 saturated carbocycles. The molecular formula is C19H15Cl2N3O4. The topological polar surface area (TPSA) is 89.6 Å². The molecule has 9 heteroatoms. The van der Waals surface area contributed by atoms with Gasteiger partial charge < -0.3 is 9.47 Å². The van der Waals surface area contributed by atoms with E-state index in [0.717, 1.165) is 0 Å². The number of benzene rings is 2. The van der Waals surface area contributed by atoms with Gasteiger partial charge in [0.05, 0.1) is 17.7 Å². The van der Waals surface area contributed by atoms with Gasteiger partial charge in [-0.15, -0.1) is 0 Å². The quantitative estimate of drug-likeness (QED) is 0.618. The van der Waals surface area contributed by atoms with E-state index in [-0.39, 0.29) is 17.9 Å². The third kappa shape index (κ3) is 4.44. The van der Waals surface area contributed by atoms with Crippen LogP contribution in [0.15, 0.2) is 48.7 Å². The van der Waals surface area contributed by atoms with Crippen molar-refractivity contribution in [2.45, 2.75) is 0 Å². The Bertz CT molecular complexity index is 1040. The fraction of sp³-hybridized carbons (Fsp3) is 0.105. The smallest absolute Gasteiger partial charge is 0.276 e. The first-order valence-corrected chi connectivity index (χ1v) is 8.84. The summed E-state index contributed by atoms with van der Waals surface area (Å²) in [5.41, 5.74) is 5.34. The lowest BCUT2D eigenvalue weighted by molar-refractivity contribution is -0.123. The van der Waals surface area contributed by atoms with Gasteiger partial charge in [0.1, 0.15) is 17.0 Å². The van der Waals surface area contributed by atoms with E-state index in [1.807, 2.05) is 0 Å². The van der Waals surface area contributed by atoms with Gasteiger partial charge in [-0.2, -0.15) is 0 Å². The number of pyridine rings is 1. The molecule has 0 radical (unpaired) electrons. The minimum atomic E-state index is -0.555. The average Bonchev–Trinajstić information content (AvgIpc) is 2.71. The number of hydrogen-bond acceptors (Lipinski definition) is 5. The summed E-state index contributed by atoms with van der Waals surface area (Å²) >= 11 is 12.0. The number of ether oxygens (including phenoxy) is 2. The number of aromatic nitrogens is 1. The standard InChI is InChI=1S/C19H15Cl2N3O4/c1-27-16-9-11(20)4-5-13(16)19(26)24-23-17(25)10-28-15-7-6-14(21)12-3-2-8-22-18(12)15/h2-9H,10H2,1H3,(H,23,25)(H,24,26). The number of hydrogen-bond donors (Lipinski definition) is 2. The Morgan fingerprint density at radius 3 is 2.68 bits per heavy atom. The van der Waals surface area contributed by atoms with E-state index in [1.54, 1.807) is 36.5 Å². The van der Waals surface area contributed by atoms with Gasteiger partial charge in [0.25, 0.3) is 11.8 Å². The lowest BCUT2D eigenvalue weighted by Crippen LogP contribution is -2.43. The average molecular weight is 420 g/mol. The number of carbonyl (C=O) groups is 2. The Balaban J connectivity index is 1.60. The van der Waals surface area contributed by atoms with Crippen molar-refractivity contribution in [3.63, 3.8) is 0 Å². The highest BCUT2D eigenvalue weighted by atomic mass is 35.5. The molecule has 2 amide bonds. The summed E-state index contributed by atoms with van der Waals surface area (Å²) in [6.45, 7) is -0.328. The maximum Gasteiger partial charge on any atom is 0.276 e. The summed E-state index contributed by atoms with van der Waals surface area (Å²) in [6.07, 6.45) is 1.60. The zero-order valence-electron chi connectivity index (χ0n) is 14.7. The van der Waals surface area contributed by atoms with Crippen molar-refractivity contribution in [1.82, 2.24) is 15.8 Å². The van der Waals surface area contributed by atoms with Gasteiger partial charge in [-0.05, 0) is 42.5 Å². The molecule has 1 aromatic heterocycles. The van der Waals surface area contributed by atoms with Crippen molar-refractivity contribution in [2.24, 2.45) is 0 Å². The van der Waals surface area contributed by atoms with Crippen molar-refractivity contribution in [1.29, 1.82) is 0 Å². The lowest BCUT2D eigenvalue weighted by atomic mass is 10.2. The summed E-state index contributed by atoms with van der Waals surface area (Å²) in [7, 11) is 1.42. The Morgan fingerprint density at radius 1 is 1.07 bits per heavy atom. The first-order chi connectivity index (χ1) is 13.5. The van der Waals surface area contributed by atoms with Gasteiger partial charge in [-0.1, -0.05) is 23.2 Å². The predicted octanol–water partition coefficient (Wildman–Crippen LogP) is 3.39. The number of rotatable bonds is 5. The molecule has 3 rings (SSSR count). The van der Waals surface area contributed by atoms with Gasteiger partial charge in [0.2, 0.25) is 0 Å². The van der Waals surface area contributed by atoms with Crippen molar-refractivity contribution < 1.29 is 19.1 Å². The molecule has 0 atom stereocenters. The van der Waals surface area contributed by atoms with Gasteiger partial charge in [0.15, 0.2) is 6.61 Å². The summed E-state index contributed by atoms with van der Waals surface area (Å²) in [5.74, 6) is -0.421. The molecule has 3 aromatic rings. The fourth-order valence-electron chi connectivity index (χ4n) is 2.45. The van der Waals surface area contributed by atoms with Gasteiger partial charge in [-0.25, -0.2) is 0 Å². The number of methoxy groups -OCH3 is 1. The summed E-state index contributed by atoms with van der Waals surface area (Å²) < 4.78 is 10.6. The summed E-state index contributed by atoms with van der Waals surface area (Å²) in [4.78, 5) is 28.5. The summed E-state index contributed by atoms with van der Waals surface area (Å²) in [5, 5.41) is 1.67. The highest BCUT2D eigenvalue weighted by Crippen LogP contribution is 2.29. The first-order valence-electron chi connectivity index (χ1n) is 8.08. The SMILES string of the molecule is COc1cc(Cl)ccc1C(=O)NNC(=O)COc1ccc(Cl)c2cccnc12. The normalized spacial score (nSPS) is 10.4. The number of hydrazine groups is 1. The van der Waals surface area contributed by atoms with E-state index in [1.165, 1.54) is 19.2 Å². The summed E-state index contributed by atoms with van der Waals surface area (Å²) in [6, 6.07) is 11.4. The van der Waals surface area contributed by atoms with Gasteiger partial charge >= 0.3 is 0 Å². The number of carbonyl (C=O) groups excluding carboxylic acids is 2. The Kier molecular flexibility index (Phi) is 6.18. The van der Waals surface area contributed by atoms with Crippen LogP contribution >= 0.6 is 23.2 Å². The molecule has 0 aliphatic rings. The second-order valence-corrected chi connectivity index (χ2v) is 6.42. The zero-order valence-corrected chi connectivity index (χ0v) is 16.2. The molecular weight excluding hydrogens is 405 g/mol. The number of nitrogens with one attached hydrogen (secondary N) is 2. The van der Waals surface area contributed by atoms with Crippen LogP contribution in [0.1, 0.15) is 10.4 Å². The second-order valence-electron chi connectivity index (χ2n) is 5.58. The molecule has 2 aromatic carbocycles. The van der Waals surface area contributed by atoms with Crippen LogP contribution < -0.4 is 20.3 Å². The van der Waals surface area contributed by atoms with E-state index in [4.69, 9.17) is 32.7 Å². The third-order valence-corrected chi connectivity index (χ3v) is 4.33. The zero-order chi connectivity index (χ0) is 20.1. The number of fused-ring (bicyclic) bond motifs is 1. The molecule has 1 heterocycles. The molecule has 144 valence electrons. The van der Waals surface area contributed by atoms with Crippen LogP contribution in [0.2, 0.25) is 10.0 Å². The molecule has 2 N–H and O–H groups in total. The Labute approximate surface area is 170 Å². The van der Waals surface area contributed by atoms with Crippen LogP contribution in [0.5, 0.6) is 11.5 Å². The van der Waals surface area contributed by atoms with Crippen molar-refractivity contribution in [2.75, 3.05) is 13.7 Å². The predicted molar refractivity (Wildman–Crippen MR) is 106 cm³/mol. The molecule has 0 spiro atoms. The molecule has 0 aliphatic heterocycles. The minimum Gasteiger partial charge on any atom is -0.496 e. The Morgan fingerprint density at radius 2 is 1.89 bits per heavy atom. The lowest BCUT2D eigenvalue weighted by Gasteiger charge is -2.12. The molecule has 0 bridgehead atoms. The van der Waals surface area contributed by atoms with Crippen molar-refractivity contribution >= 4 is 45.9 Å². The van der Waals surface area contributed by atoms with E-state index >= 15 is 0 Å². The molecule has 0 saturated heterocycles. The number of amides is 2. The van der Waals surface area contributed by atoms with Crippen LogP contribution in [0.3, 0.4) is 0 Å². The molecule has 0 unspecified atom stereocenters. The molecule has 7 nitrogen and oxygen atoms in total. The minimum absolute atomic E-state index is 0.223. The van der Waals surface area contributed by atoms with Gasteiger partial charge in [-0.3, -0.25) is 25.4 Å². The van der Waals surface area contributed by atoms with Crippen LogP contribution in [-0.2, 0) is 4.79 Å². The van der Waals surface area contributed by atoms with E-state index in [0.29, 0.717) is 26.7 Å². The van der Waals surface area contributed by atoms with Crippen LogP contribution in [0, 0.1) is 0 Å². The molecule has 0 fully saturated rings. The monoisotopic (exact) mass is 419 g/mol. The van der Waals surface area contributed by atoms with Crippen LogP contribution in [0.4, 0.5) is 0 Å². The maximum absolute atomic E-state index is 12.2. The second kappa shape index (κ2) is 8.77. The van der Waals surface area contributed by atoms with E-state index < -0.39 is 11.8 Å². The van der Waals surface area contributed by atoms with Crippen molar-refractivity contribution in [3.05, 3.63) is 64.3 Å². The maximum atomic E-state index is 12.2. The van der Waals surface area contributed by atoms with Crippen LogP contribution in [-0.4, -0.2) is 30.5 Å². The molecule has 0 aliphatic carbocycles. The van der Waals surface area contributed by atoms with Gasteiger partial charge in [0, 0.05) is 16.6 Å².